The lowest BCUT2D eigenvalue weighted by molar-refractivity contribution is -0.0988. The van der Waals surface area contributed by atoms with Gasteiger partial charge in [0.1, 0.15) is 0 Å². The second kappa shape index (κ2) is 6.30. The summed E-state index contributed by atoms with van der Waals surface area (Å²) in [5, 5.41) is 0. The quantitative estimate of drug-likeness (QED) is 0.398. The molecule has 4 rings (SSSR count). The molecule has 0 unspecified atom stereocenters. The molecule has 4 atom stereocenters. The van der Waals surface area contributed by atoms with E-state index in [9.17, 15) is 0 Å². The predicted molar refractivity (Wildman–Crippen MR) is 95.1 cm³/mol. The van der Waals surface area contributed by atoms with Crippen molar-refractivity contribution in [2.75, 3.05) is 0 Å². The molecule has 0 amide bonds. The minimum atomic E-state index is 0.422. The first-order valence-electron chi connectivity index (χ1n) is 9.32. The highest BCUT2D eigenvalue weighted by Crippen LogP contribution is 2.65. The van der Waals surface area contributed by atoms with Crippen molar-refractivity contribution in [1.29, 1.82) is 0 Å². The highest BCUT2D eigenvalue weighted by molar-refractivity contribution is 7.07. The average Bonchev–Trinajstić information content (AvgIpc) is 2.47. The van der Waals surface area contributed by atoms with E-state index < -0.39 is 0 Å². The Balaban J connectivity index is 1.46. The van der Waals surface area contributed by atoms with Gasteiger partial charge < -0.3 is 0 Å². The third kappa shape index (κ3) is 3.10. The first-order chi connectivity index (χ1) is 10.00. The molecule has 3 saturated carbocycles. The molecule has 3 fully saturated rings. The minimum Gasteiger partial charge on any atom is -0.195 e. The maximum atomic E-state index is 6.83. The Bertz CT molecular complexity index is 400. The van der Waals surface area contributed by atoms with E-state index in [0.717, 1.165) is 23.6 Å². The van der Waals surface area contributed by atoms with Gasteiger partial charge in [0.25, 0.3) is 6.13 Å². The maximum Gasteiger partial charge on any atom is 0.254 e. The van der Waals surface area contributed by atoms with Crippen molar-refractivity contribution in [3.8, 4) is 0 Å². The highest BCUT2D eigenvalue weighted by atomic mass is 35.5. The van der Waals surface area contributed by atoms with Crippen molar-refractivity contribution >= 4 is 17.6 Å². The van der Waals surface area contributed by atoms with Gasteiger partial charge in [-0.05, 0) is 67.5 Å². The number of rotatable bonds is 5. The number of allylic oxidation sites excluding steroid dienone is 2. The lowest BCUT2D eigenvalue weighted by atomic mass is 9.36. The summed E-state index contributed by atoms with van der Waals surface area (Å²) >= 11 is 6.83. The fraction of sp³-hybridized carbons (Fsp3) is 0.895. The van der Waals surface area contributed by atoms with Crippen LogP contribution in [-0.4, -0.2) is 6.13 Å². The topological polar surface area (TPSA) is 0 Å². The Morgan fingerprint density at radius 2 is 2.10 bits per heavy atom. The van der Waals surface area contributed by atoms with Crippen LogP contribution in [0.5, 0.6) is 0 Å². The van der Waals surface area contributed by atoms with Crippen molar-refractivity contribution in [2.24, 2.45) is 23.2 Å². The van der Waals surface area contributed by atoms with Gasteiger partial charge >= 0.3 is 0 Å². The van der Waals surface area contributed by atoms with E-state index in [-0.39, 0.29) is 0 Å². The van der Waals surface area contributed by atoms with E-state index in [1.165, 1.54) is 57.7 Å². The molecule has 2 bridgehead atoms. The molecule has 0 heterocycles. The summed E-state index contributed by atoms with van der Waals surface area (Å²) in [6.45, 7) is 7.44. The van der Waals surface area contributed by atoms with Crippen molar-refractivity contribution in [1.82, 2.24) is 0 Å². The standard InChI is InChI=1S/C19H32BCl/c1-14-17-12-16(19(17,2)3)13-18(14)20(21)11-7-10-15-8-5-4-6-9-15/h8,14,16-18H,4-7,9-13H2,1-3H3/t14-,16+,17-,18-/m1/s1. The molecule has 0 nitrogen and oxygen atoms in total. The maximum absolute atomic E-state index is 6.83. The number of fused-ring (bicyclic) bond motifs is 2. The van der Waals surface area contributed by atoms with Crippen molar-refractivity contribution in [3.05, 3.63) is 11.6 Å². The molecule has 0 spiro atoms. The van der Waals surface area contributed by atoms with Gasteiger partial charge in [0, 0.05) is 0 Å². The molecule has 0 saturated heterocycles. The summed E-state index contributed by atoms with van der Waals surface area (Å²) < 4.78 is 0. The van der Waals surface area contributed by atoms with E-state index in [0.29, 0.717) is 11.5 Å². The summed E-state index contributed by atoms with van der Waals surface area (Å²) in [4.78, 5) is 0. The zero-order valence-corrected chi connectivity index (χ0v) is 15.0. The van der Waals surface area contributed by atoms with Gasteiger partial charge in [-0.1, -0.05) is 51.6 Å². The first kappa shape index (κ1) is 16.0. The number of hydrogen-bond donors (Lipinski definition) is 0. The fourth-order valence-corrected chi connectivity index (χ4v) is 6.02. The average molecular weight is 307 g/mol. The zero-order chi connectivity index (χ0) is 15.0. The van der Waals surface area contributed by atoms with Crippen molar-refractivity contribution in [2.45, 2.75) is 84.3 Å². The fourth-order valence-electron chi connectivity index (χ4n) is 5.54. The van der Waals surface area contributed by atoms with Crippen LogP contribution in [-0.2, 0) is 0 Å². The van der Waals surface area contributed by atoms with E-state index in [1.807, 2.05) is 0 Å². The zero-order valence-electron chi connectivity index (χ0n) is 14.2. The summed E-state index contributed by atoms with van der Waals surface area (Å²) in [7, 11) is 0. The summed E-state index contributed by atoms with van der Waals surface area (Å²) in [5.74, 6) is 3.50. The second-order valence-electron chi connectivity index (χ2n) is 8.64. The van der Waals surface area contributed by atoms with Gasteiger partial charge in [-0.3, -0.25) is 0 Å². The lowest BCUT2D eigenvalue weighted by Crippen LogP contribution is -2.55. The summed E-state index contributed by atoms with van der Waals surface area (Å²) in [6, 6.07) is 0. The third-order valence-electron chi connectivity index (χ3n) is 7.24. The van der Waals surface area contributed by atoms with E-state index in [1.54, 1.807) is 5.57 Å². The van der Waals surface area contributed by atoms with Crippen LogP contribution in [0.25, 0.3) is 0 Å². The third-order valence-corrected chi connectivity index (χ3v) is 7.78. The summed E-state index contributed by atoms with van der Waals surface area (Å²) in [6.07, 6.45) is 15.1. The molecular formula is C19H32BCl. The van der Waals surface area contributed by atoms with Crippen LogP contribution in [0.4, 0.5) is 0 Å². The minimum absolute atomic E-state index is 0.422. The van der Waals surface area contributed by atoms with E-state index in [2.05, 4.69) is 26.8 Å². The summed E-state index contributed by atoms with van der Waals surface area (Å²) in [5.41, 5.74) is 2.31. The van der Waals surface area contributed by atoms with Gasteiger partial charge in [-0.2, -0.15) is 11.5 Å². The second-order valence-corrected chi connectivity index (χ2v) is 9.20. The molecule has 0 aromatic heterocycles. The van der Waals surface area contributed by atoms with Crippen LogP contribution in [0.2, 0.25) is 12.1 Å². The Kier molecular flexibility index (Phi) is 4.79. The van der Waals surface area contributed by atoms with Crippen molar-refractivity contribution < 1.29 is 0 Å². The first-order valence-corrected chi connectivity index (χ1v) is 9.75. The molecule has 2 heteroatoms. The molecule has 0 N–H and O–H groups in total. The Morgan fingerprint density at radius 1 is 1.29 bits per heavy atom. The monoisotopic (exact) mass is 306 g/mol. The molecule has 4 aliphatic carbocycles. The van der Waals surface area contributed by atoms with Crippen LogP contribution in [0, 0.1) is 23.2 Å². The molecule has 0 radical (unpaired) electrons. The van der Waals surface area contributed by atoms with Crippen LogP contribution < -0.4 is 0 Å². The number of halogens is 1. The van der Waals surface area contributed by atoms with Gasteiger partial charge in [-0.15, -0.1) is 0 Å². The molecule has 4 aliphatic rings. The van der Waals surface area contributed by atoms with E-state index >= 15 is 0 Å². The number of hydrogen-bond acceptors (Lipinski definition) is 0. The molecule has 0 aliphatic heterocycles. The molecule has 0 aromatic carbocycles. The lowest BCUT2D eigenvalue weighted by Gasteiger charge is -2.62. The van der Waals surface area contributed by atoms with Crippen LogP contribution in [0.15, 0.2) is 11.6 Å². The Hall–Kier alpha value is 0.0949. The molecule has 21 heavy (non-hydrogen) atoms. The van der Waals surface area contributed by atoms with Crippen molar-refractivity contribution in [3.63, 3.8) is 0 Å². The highest BCUT2D eigenvalue weighted by Gasteiger charge is 2.57. The van der Waals surface area contributed by atoms with Gasteiger partial charge in [0.15, 0.2) is 0 Å². The Morgan fingerprint density at radius 3 is 2.71 bits per heavy atom. The normalized spacial score (nSPS) is 37.6. The molecule has 0 aromatic rings. The molecular weight excluding hydrogens is 274 g/mol. The smallest absolute Gasteiger partial charge is 0.195 e. The van der Waals surface area contributed by atoms with Crippen LogP contribution >= 0.6 is 11.5 Å². The van der Waals surface area contributed by atoms with Gasteiger partial charge in [0.2, 0.25) is 0 Å². The van der Waals surface area contributed by atoms with Crippen LogP contribution in [0.1, 0.15) is 72.1 Å². The molecule has 118 valence electrons. The largest absolute Gasteiger partial charge is 0.254 e. The van der Waals surface area contributed by atoms with Gasteiger partial charge in [0.05, 0.1) is 0 Å². The van der Waals surface area contributed by atoms with Crippen LogP contribution in [0.3, 0.4) is 0 Å². The predicted octanol–water partition coefficient (Wildman–Crippen LogP) is 6.57. The Labute approximate surface area is 137 Å². The SMILES string of the molecule is C[C@@H]1[C@H]2C[C@@H](C[C@H]1B(Cl)CCCC1=CCCCC1)C2(C)C. The van der Waals surface area contributed by atoms with E-state index in [4.69, 9.17) is 11.5 Å². The van der Waals surface area contributed by atoms with Gasteiger partial charge in [-0.25, -0.2) is 0 Å².